The number of amides is 3. The highest BCUT2D eigenvalue weighted by Crippen LogP contribution is 2.30. The number of carboxylic acid groups (broad SMARTS) is 1. The molecule has 0 aliphatic heterocycles. The van der Waals surface area contributed by atoms with Gasteiger partial charge >= 0.3 is 12.3 Å². The van der Waals surface area contributed by atoms with Crippen LogP contribution in [0.25, 0.3) is 6.08 Å². The van der Waals surface area contributed by atoms with Crippen molar-refractivity contribution in [1.29, 1.82) is 0 Å². The van der Waals surface area contributed by atoms with Gasteiger partial charge in [-0.3, -0.25) is 14.9 Å². The maximum Gasteiger partial charge on any atom is 0.416 e. The van der Waals surface area contributed by atoms with Gasteiger partial charge in [0, 0.05) is 11.8 Å². The summed E-state index contributed by atoms with van der Waals surface area (Å²) in [6.07, 6.45) is -4.66. The predicted molar refractivity (Wildman–Crippen MR) is 127 cm³/mol. The van der Waals surface area contributed by atoms with Gasteiger partial charge in [0.25, 0.3) is 5.91 Å². The van der Waals surface area contributed by atoms with Crippen molar-refractivity contribution >= 4 is 41.0 Å². The zero-order chi connectivity index (χ0) is 26.3. The molecule has 0 heterocycles. The molecule has 0 fully saturated rings. The van der Waals surface area contributed by atoms with Crippen LogP contribution in [-0.2, 0) is 15.8 Å². The van der Waals surface area contributed by atoms with Crippen LogP contribution in [0.15, 0.2) is 78.9 Å². The lowest BCUT2D eigenvalue weighted by Gasteiger charge is -2.13. The lowest BCUT2D eigenvalue weighted by Crippen LogP contribution is -2.20. The fraction of sp³-hybridized carbons (Fsp3) is 0.0800. The molecule has 0 bridgehead atoms. The van der Waals surface area contributed by atoms with Gasteiger partial charge in [-0.1, -0.05) is 36.4 Å². The summed E-state index contributed by atoms with van der Waals surface area (Å²) in [5.41, 5.74) is 0.514. The Morgan fingerprint density at radius 2 is 1.39 bits per heavy atom. The van der Waals surface area contributed by atoms with E-state index in [0.29, 0.717) is 5.56 Å². The topological polar surface area (TPSA) is 128 Å². The van der Waals surface area contributed by atoms with Crippen LogP contribution in [0.5, 0.6) is 0 Å². The number of nitrogens with one attached hydrogen (secondary N) is 3. The van der Waals surface area contributed by atoms with Crippen LogP contribution in [-0.4, -0.2) is 28.1 Å². The second-order valence-corrected chi connectivity index (χ2v) is 7.43. The third kappa shape index (κ3) is 7.18. The molecule has 1 unspecified atom stereocenters. The molecule has 5 N–H and O–H groups in total. The highest BCUT2D eigenvalue weighted by Gasteiger charge is 2.30. The SMILES string of the molecule is O=C(O)Nc1ccccc1NC(=O)/C=C/c1ccc(C(O)C(=O)Nc2ccc(C(F)(F)F)cc2)cc1. The van der Waals surface area contributed by atoms with Crippen LogP contribution in [0, 0.1) is 0 Å². The molecule has 3 aromatic rings. The summed E-state index contributed by atoms with van der Waals surface area (Å²) in [5.74, 6) is -1.35. The number of halogens is 3. The number of carbonyl (C=O) groups is 3. The van der Waals surface area contributed by atoms with Gasteiger partial charge in [0.2, 0.25) is 5.91 Å². The van der Waals surface area contributed by atoms with Crippen LogP contribution in [0.3, 0.4) is 0 Å². The highest BCUT2D eigenvalue weighted by atomic mass is 19.4. The zero-order valence-corrected chi connectivity index (χ0v) is 18.4. The first-order valence-electron chi connectivity index (χ1n) is 10.4. The summed E-state index contributed by atoms with van der Waals surface area (Å²) in [4.78, 5) is 35.3. The number of hydrogen-bond acceptors (Lipinski definition) is 4. The number of para-hydroxylation sites is 2. The Kier molecular flexibility index (Phi) is 8.07. The van der Waals surface area contributed by atoms with E-state index >= 15 is 0 Å². The minimum absolute atomic E-state index is 0.0951. The summed E-state index contributed by atoms with van der Waals surface area (Å²) in [7, 11) is 0. The lowest BCUT2D eigenvalue weighted by atomic mass is 10.1. The van der Waals surface area contributed by atoms with Crippen molar-refractivity contribution in [2.24, 2.45) is 0 Å². The molecule has 0 radical (unpaired) electrons. The Hall–Kier alpha value is -4.64. The van der Waals surface area contributed by atoms with Gasteiger partial charge in [0.15, 0.2) is 6.10 Å². The van der Waals surface area contributed by atoms with Gasteiger partial charge in [-0.15, -0.1) is 0 Å². The minimum Gasteiger partial charge on any atom is -0.465 e. The van der Waals surface area contributed by atoms with E-state index in [-0.39, 0.29) is 22.6 Å². The van der Waals surface area contributed by atoms with E-state index in [1.807, 2.05) is 0 Å². The van der Waals surface area contributed by atoms with Crippen molar-refractivity contribution in [2.75, 3.05) is 16.0 Å². The molecular weight excluding hydrogens is 479 g/mol. The number of aliphatic hydroxyl groups excluding tert-OH is 1. The number of rotatable bonds is 7. The molecule has 186 valence electrons. The first-order chi connectivity index (χ1) is 17.0. The van der Waals surface area contributed by atoms with Gasteiger partial charge in [0.05, 0.1) is 16.9 Å². The largest absolute Gasteiger partial charge is 0.465 e. The maximum atomic E-state index is 12.6. The third-order valence-corrected chi connectivity index (χ3v) is 4.83. The minimum atomic E-state index is -4.50. The van der Waals surface area contributed by atoms with Crippen LogP contribution in [0.2, 0.25) is 0 Å². The van der Waals surface area contributed by atoms with E-state index in [0.717, 1.165) is 24.3 Å². The van der Waals surface area contributed by atoms with Gasteiger partial charge < -0.3 is 20.8 Å². The average molecular weight is 499 g/mol. The monoisotopic (exact) mass is 499 g/mol. The summed E-state index contributed by atoms with van der Waals surface area (Å²) in [5, 5.41) is 26.2. The van der Waals surface area contributed by atoms with Crippen LogP contribution >= 0.6 is 0 Å². The van der Waals surface area contributed by atoms with Crippen molar-refractivity contribution in [3.63, 3.8) is 0 Å². The van der Waals surface area contributed by atoms with Crippen molar-refractivity contribution < 1.29 is 37.8 Å². The fourth-order valence-corrected chi connectivity index (χ4v) is 3.06. The standard InChI is InChI=1S/C25H20F3N3O5/c26-25(27,28)17-10-12-18(13-11-17)29-23(34)22(33)16-8-5-15(6-9-16)7-14-21(32)30-19-3-1-2-4-20(19)31-24(35)36/h1-14,22,31,33H,(H,29,34)(H,30,32)(H,35,36)/b14-7+. The molecule has 0 saturated carbocycles. The van der Waals surface area contributed by atoms with E-state index in [4.69, 9.17) is 5.11 Å². The van der Waals surface area contributed by atoms with E-state index in [9.17, 15) is 32.7 Å². The normalized spacial score (nSPS) is 12.1. The van der Waals surface area contributed by atoms with Gasteiger partial charge in [-0.2, -0.15) is 13.2 Å². The molecule has 1 atom stereocenters. The molecule has 8 nitrogen and oxygen atoms in total. The van der Waals surface area contributed by atoms with Gasteiger partial charge in [0.1, 0.15) is 0 Å². The average Bonchev–Trinajstić information content (AvgIpc) is 2.83. The van der Waals surface area contributed by atoms with Gasteiger partial charge in [-0.25, -0.2) is 4.79 Å². The smallest absolute Gasteiger partial charge is 0.416 e. The van der Waals surface area contributed by atoms with Crippen LogP contribution in [0.4, 0.5) is 35.0 Å². The van der Waals surface area contributed by atoms with E-state index < -0.39 is 35.8 Å². The summed E-state index contributed by atoms with van der Waals surface area (Å²) in [6, 6.07) is 16.1. The molecule has 3 rings (SSSR count). The Bertz CT molecular complexity index is 1270. The number of alkyl halides is 3. The first kappa shape index (κ1) is 26.0. The number of hydrogen-bond donors (Lipinski definition) is 5. The Labute approximate surface area is 203 Å². The van der Waals surface area contributed by atoms with Crippen molar-refractivity contribution in [3.8, 4) is 0 Å². The highest BCUT2D eigenvalue weighted by molar-refractivity contribution is 6.04. The number of anilines is 3. The van der Waals surface area contributed by atoms with E-state index in [2.05, 4.69) is 16.0 Å². The molecule has 0 aliphatic carbocycles. The second kappa shape index (κ2) is 11.2. The van der Waals surface area contributed by atoms with Crippen LogP contribution < -0.4 is 16.0 Å². The predicted octanol–water partition coefficient (Wildman–Crippen LogP) is 5.12. The summed E-state index contributed by atoms with van der Waals surface area (Å²) >= 11 is 0. The molecule has 0 spiro atoms. The molecule has 36 heavy (non-hydrogen) atoms. The Morgan fingerprint density at radius 3 is 1.94 bits per heavy atom. The van der Waals surface area contributed by atoms with Crippen molar-refractivity contribution in [1.82, 2.24) is 0 Å². The zero-order valence-electron chi connectivity index (χ0n) is 18.4. The summed E-state index contributed by atoms with van der Waals surface area (Å²) in [6.45, 7) is 0. The molecule has 0 aromatic heterocycles. The molecule has 0 saturated heterocycles. The van der Waals surface area contributed by atoms with E-state index in [1.54, 1.807) is 24.3 Å². The molecular formula is C25H20F3N3O5. The number of benzene rings is 3. The molecule has 0 aliphatic rings. The maximum absolute atomic E-state index is 12.6. The fourth-order valence-electron chi connectivity index (χ4n) is 3.06. The van der Waals surface area contributed by atoms with E-state index in [1.165, 1.54) is 36.4 Å². The molecule has 3 amide bonds. The van der Waals surface area contributed by atoms with Crippen molar-refractivity contribution in [3.05, 3.63) is 95.6 Å². The molecule has 11 heteroatoms. The third-order valence-electron chi connectivity index (χ3n) is 4.83. The summed E-state index contributed by atoms with van der Waals surface area (Å²) < 4.78 is 37.9. The molecule has 3 aromatic carbocycles. The van der Waals surface area contributed by atoms with Crippen LogP contribution in [0.1, 0.15) is 22.8 Å². The quantitative estimate of drug-likeness (QED) is 0.288. The Morgan fingerprint density at radius 1 is 0.806 bits per heavy atom. The lowest BCUT2D eigenvalue weighted by molar-refractivity contribution is -0.137. The Balaban J connectivity index is 1.59. The first-order valence-corrected chi connectivity index (χ1v) is 10.4. The van der Waals surface area contributed by atoms with Crippen molar-refractivity contribution in [2.45, 2.75) is 12.3 Å². The second-order valence-electron chi connectivity index (χ2n) is 7.43. The number of aliphatic hydroxyl groups is 1. The van der Waals surface area contributed by atoms with Gasteiger partial charge in [-0.05, 0) is 53.6 Å². The number of carbonyl (C=O) groups excluding carboxylic acids is 2.